The lowest BCUT2D eigenvalue weighted by atomic mass is 10.3. The van der Waals surface area contributed by atoms with Gasteiger partial charge in [-0.1, -0.05) is 28.8 Å². The highest BCUT2D eigenvalue weighted by Gasteiger charge is 2.05. The Balaban J connectivity index is 2.80. The van der Waals surface area contributed by atoms with Crippen molar-refractivity contribution in [2.45, 2.75) is 27.2 Å². The first-order valence-corrected chi connectivity index (χ1v) is 7.44. The molecule has 0 aliphatic carbocycles. The van der Waals surface area contributed by atoms with E-state index in [4.69, 9.17) is 28.9 Å². The van der Waals surface area contributed by atoms with E-state index in [9.17, 15) is 0 Å². The number of rotatable bonds is 7. The SMILES string of the molecule is CC(C)=C(Cl)/C=C(\C)Nc1ncc(Cl)c(NCCCN)n1. The Kier molecular flexibility index (Phi) is 7.50. The lowest BCUT2D eigenvalue weighted by molar-refractivity contribution is 0.869. The topological polar surface area (TPSA) is 75.9 Å². The molecule has 0 aliphatic rings. The van der Waals surface area contributed by atoms with Gasteiger partial charge in [0.25, 0.3) is 0 Å². The van der Waals surface area contributed by atoms with Crippen LogP contribution >= 0.6 is 23.2 Å². The lowest BCUT2D eigenvalue weighted by Crippen LogP contribution is -2.11. The molecule has 7 heteroatoms. The summed E-state index contributed by atoms with van der Waals surface area (Å²) in [4.78, 5) is 8.47. The third-order valence-corrected chi connectivity index (χ3v) is 3.31. The van der Waals surface area contributed by atoms with E-state index in [-0.39, 0.29) is 0 Å². The van der Waals surface area contributed by atoms with Gasteiger partial charge in [0.05, 0.1) is 6.20 Å². The summed E-state index contributed by atoms with van der Waals surface area (Å²) in [5, 5.41) is 7.37. The fraction of sp³-hybridized carbons (Fsp3) is 0.429. The smallest absolute Gasteiger partial charge is 0.228 e. The fourth-order valence-corrected chi connectivity index (χ4v) is 1.73. The van der Waals surface area contributed by atoms with Crippen molar-refractivity contribution >= 4 is 35.0 Å². The predicted octanol–water partition coefficient (Wildman–Crippen LogP) is 3.74. The monoisotopic (exact) mass is 329 g/mol. The van der Waals surface area contributed by atoms with Crippen molar-refractivity contribution in [2.24, 2.45) is 5.73 Å². The number of anilines is 2. The van der Waals surface area contributed by atoms with Crippen molar-refractivity contribution < 1.29 is 0 Å². The summed E-state index contributed by atoms with van der Waals surface area (Å²) in [6.07, 6.45) is 4.23. The quantitative estimate of drug-likeness (QED) is 0.524. The van der Waals surface area contributed by atoms with E-state index in [1.54, 1.807) is 6.20 Å². The molecule has 116 valence electrons. The van der Waals surface area contributed by atoms with Gasteiger partial charge in [0, 0.05) is 17.3 Å². The normalized spacial score (nSPS) is 11.2. The van der Waals surface area contributed by atoms with Crippen LogP contribution in [0.2, 0.25) is 5.02 Å². The number of hydrogen-bond acceptors (Lipinski definition) is 5. The van der Waals surface area contributed by atoms with Gasteiger partial charge in [-0.15, -0.1) is 0 Å². The van der Waals surface area contributed by atoms with Crippen LogP contribution in [0, 0.1) is 0 Å². The summed E-state index contributed by atoms with van der Waals surface area (Å²) in [5.41, 5.74) is 7.34. The molecular formula is C14H21Cl2N5. The molecule has 0 aliphatic heterocycles. The molecule has 0 unspecified atom stereocenters. The second-order valence-electron chi connectivity index (χ2n) is 4.76. The zero-order chi connectivity index (χ0) is 15.8. The molecule has 0 fully saturated rings. The van der Waals surface area contributed by atoms with Gasteiger partial charge in [-0.05, 0) is 39.8 Å². The summed E-state index contributed by atoms with van der Waals surface area (Å²) in [7, 11) is 0. The molecule has 1 heterocycles. The molecule has 1 rings (SSSR count). The fourth-order valence-electron chi connectivity index (χ4n) is 1.41. The van der Waals surface area contributed by atoms with Gasteiger partial charge in [-0.25, -0.2) is 4.98 Å². The Morgan fingerprint density at radius 3 is 2.71 bits per heavy atom. The Bertz CT molecular complexity index is 536. The van der Waals surface area contributed by atoms with E-state index in [0.29, 0.717) is 34.9 Å². The minimum atomic E-state index is 0.460. The number of aromatic nitrogens is 2. The average molecular weight is 330 g/mol. The Labute approximate surface area is 135 Å². The number of nitrogens with two attached hydrogens (primary N) is 1. The summed E-state index contributed by atoms with van der Waals surface area (Å²) in [6.45, 7) is 7.12. The van der Waals surface area contributed by atoms with Gasteiger partial charge in [0.15, 0.2) is 0 Å². The van der Waals surface area contributed by atoms with Crippen molar-refractivity contribution in [1.82, 2.24) is 9.97 Å². The number of allylic oxidation sites excluding steroid dienone is 4. The van der Waals surface area contributed by atoms with Crippen molar-refractivity contribution in [2.75, 3.05) is 23.7 Å². The predicted molar refractivity (Wildman–Crippen MR) is 90.8 cm³/mol. The van der Waals surface area contributed by atoms with E-state index >= 15 is 0 Å². The Morgan fingerprint density at radius 1 is 1.38 bits per heavy atom. The summed E-state index contributed by atoms with van der Waals surface area (Å²) < 4.78 is 0. The van der Waals surface area contributed by atoms with E-state index in [2.05, 4.69) is 20.6 Å². The van der Waals surface area contributed by atoms with Crippen LogP contribution in [0.1, 0.15) is 27.2 Å². The molecule has 0 saturated heterocycles. The summed E-state index contributed by atoms with van der Waals surface area (Å²) in [5.74, 6) is 1.05. The maximum atomic E-state index is 6.09. The largest absolute Gasteiger partial charge is 0.369 e. The van der Waals surface area contributed by atoms with Gasteiger partial charge < -0.3 is 16.4 Å². The van der Waals surface area contributed by atoms with E-state index < -0.39 is 0 Å². The Morgan fingerprint density at radius 2 is 2.10 bits per heavy atom. The average Bonchev–Trinajstić information content (AvgIpc) is 2.42. The molecular weight excluding hydrogens is 309 g/mol. The third kappa shape index (κ3) is 6.33. The first-order chi connectivity index (χ1) is 9.93. The molecule has 0 bridgehead atoms. The number of nitrogens with zero attached hydrogens (tertiary/aromatic N) is 2. The molecule has 1 aromatic heterocycles. The van der Waals surface area contributed by atoms with Crippen LogP contribution < -0.4 is 16.4 Å². The molecule has 0 atom stereocenters. The van der Waals surface area contributed by atoms with Crippen LogP contribution in [0.5, 0.6) is 0 Å². The van der Waals surface area contributed by atoms with Crippen LogP contribution in [0.4, 0.5) is 11.8 Å². The van der Waals surface area contributed by atoms with Crippen LogP contribution in [0.15, 0.2) is 28.6 Å². The molecule has 0 saturated carbocycles. The van der Waals surface area contributed by atoms with Gasteiger partial charge in [-0.3, -0.25) is 0 Å². The highest BCUT2D eigenvalue weighted by Crippen LogP contribution is 2.20. The van der Waals surface area contributed by atoms with Crippen LogP contribution in [-0.4, -0.2) is 23.1 Å². The molecule has 21 heavy (non-hydrogen) atoms. The van der Waals surface area contributed by atoms with Gasteiger partial charge >= 0.3 is 0 Å². The van der Waals surface area contributed by atoms with Crippen molar-refractivity contribution in [3.8, 4) is 0 Å². The molecule has 4 N–H and O–H groups in total. The van der Waals surface area contributed by atoms with E-state index in [1.165, 1.54) is 0 Å². The molecule has 5 nitrogen and oxygen atoms in total. The number of nitrogens with one attached hydrogen (secondary N) is 2. The third-order valence-electron chi connectivity index (χ3n) is 2.55. The number of halogens is 2. The van der Waals surface area contributed by atoms with E-state index in [0.717, 1.165) is 17.7 Å². The summed E-state index contributed by atoms with van der Waals surface area (Å²) >= 11 is 12.1. The molecule has 0 spiro atoms. The number of hydrogen-bond donors (Lipinski definition) is 3. The van der Waals surface area contributed by atoms with Crippen LogP contribution in [0.25, 0.3) is 0 Å². The van der Waals surface area contributed by atoms with Crippen LogP contribution in [-0.2, 0) is 0 Å². The first-order valence-electron chi connectivity index (χ1n) is 6.68. The molecule has 1 aromatic rings. The molecule has 0 radical (unpaired) electrons. The second-order valence-corrected chi connectivity index (χ2v) is 5.57. The maximum absolute atomic E-state index is 6.09. The first kappa shape index (κ1) is 17.8. The second kappa shape index (κ2) is 8.87. The zero-order valence-corrected chi connectivity index (χ0v) is 14.0. The molecule has 0 aromatic carbocycles. The minimum Gasteiger partial charge on any atom is -0.369 e. The van der Waals surface area contributed by atoms with Crippen molar-refractivity contribution in [1.29, 1.82) is 0 Å². The molecule has 0 amide bonds. The highest BCUT2D eigenvalue weighted by molar-refractivity contribution is 6.32. The Hall–Kier alpha value is -1.30. The summed E-state index contributed by atoms with van der Waals surface area (Å²) in [6, 6.07) is 0. The minimum absolute atomic E-state index is 0.460. The standard InChI is InChI=1S/C14H21Cl2N5/c1-9(2)11(15)7-10(3)20-14-19-8-12(16)13(21-14)18-6-4-5-17/h7-8H,4-6,17H2,1-3H3,(H2,18,19,20,21)/b10-7+. The lowest BCUT2D eigenvalue weighted by Gasteiger charge is -2.10. The van der Waals surface area contributed by atoms with Crippen LogP contribution in [0.3, 0.4) is 0 Å². The van der Waals surface area contributed by atoms with Crippen molar-refractivity contribution in [3.63, 3.8) is 0 Å². The highest BCUT2D eigenvalue weighted by atomic mass is 35.5. The van der Waals surface area contributed by atoms with Crippen molar-refractivity contribution in [3.05, 3.63) is 33.6 Å². The zero-order valence-electron chi connectivity index (χ0n) is 12.5. The van der Waals surface area contributed by atoms with Gasteiger partial charge in [-0.2, -0.15) is 4.98 Å². The van der Waals surface area contributed by atoms with E-state index in [1.807, 2.05) is 26.8 Å². The maximum Gasteiger partial charge on any atom is 0.228 e. The van der Waals surface area contributed by atoms with Gasteiger partial charge in [0.2, 0.25) is 5.95 Å². The van der Waals surface area contributed by atoms with Gasteiger partial charge in [0.1, 0.15) is 10.8 Å².